The fourth-order valence-corrected chi connectivity index (χ4v) is 1.81. The third-order valence-corrected chi connectivity index (χ3v) is 3.42. The van der Waals surface area contributed by atoms with Crippen LogP contribution in [0.2, 0.25) is 5.02 Å². The number of benzene rings is 1. The molecule has 3 amide bonds. The highest BCUT2D eigenvalue weighted by atomic mass is 35.5. The lowest BCUT2D eigenvalue weighted by atomic mass is 10.2. The van der Waals surface area contributed by atoms with E-state index >= 15 is 0 Å². The maximum Gasteiger partial charge on any atom is 0.308 e. The average Bonchev–Trinajstić information content (AvgIpc) is 2.59. The number of halogens is 1. The minimum Gasteiger partial charge on any atom is -0.456 e. The average molecular weight is 370 g/mol. The predicted octanol–water partition coefficient (Wildman–Crippen LogP) is 0.208. The Kier molecular flexibility index (Phi) is 8.42. The molecule has 0 heterocycles. The van der Waals surface area contributed by atoms with Crippen molar-refractivity contribution in [2.75, 3.05) is 33.8 Å². The summed E-state index contributed by atoms with van der Waals surface area (Å²) in [5.41, 5.74) is 0.420. The third kappa shape index (κ3) is 7.67. The molecule has 0 aromatic heterocycles. The van der Waals surface area contributed by atoms with E-state index in [4.69, 9.17) is 16.3 Å². The van der Waals surface area contributed by atoms with Crippen molar-refractivity contribution < 1.29 is 23.9 Å². The molecule has 0 spiro atoms. The van der Waals surface area contributed by atoms with Crippen LogP contribution in [0.25, 0.3) is 0 Å². The maximum absolute atomic E-state index is 11.8. The summed E-state index contributed by atoms with van der Waals surface area (Å²) in [5.74, 6) is -1.79. The van der Waals surface area contributed by atoms with Gasteiger partial charge in [0.1, 0.15) is 0 Å². The van der Waals surface area contributed by atoms with Gasteiger partial charge in [0, 0.05) is 31.2 Å². The SMILES string of the molecule is CNC(=O)CN(C)C(=O)COC(=O)CCNC(=O)c1ccc(Cl)cc1. The van der Waals surface area contributed by atoms with Gasteiger partial charge in [-0.05, 0) is 24.3 Å². The number of carbonyl (C=O) groups is 4. The first-order valence-electron chi connectivity index (χ1n) is 7.47. The van der Waals surface area contributed by atoms with Gasteiger partial charge in [0.25, 0.3) is 11.8 Å². The van der Waals surface area contributed by atoms with Crippen LogP contribution in [0.5, 0.6) is 0 Å². The lowest BCUT2D eigenvalue weighted by molar-refractivity contribution is -0.151. The highest BCUT2D eigenvalue weighted by molar-refractivity contribution is 6.30. The van der Waals surface area contributed by atoms with Gasteiger partial charge in [-0.3, -0.25) is 19.2 Å². The molecule has 0 bridgehead atoms. The zero-order valence-corrected chi connectivity index (χ0v) is 14.8. The van der Waals surface area contributed by atoms with Crippen LogP contribution in [0.4, 0.5) is 0 Å². The Morgan fingerprint density at radius 2 is 1.80 bits per heavy atom. The molecule has 0 unspecified atom stereocenters. The Morgan fingerprint density at radius 1 is 1.16 bits per heavy atom. The molecule has 0 atom stereocenters. The van der Waals surface area contributed by atoms with E-state index in [0.717, 1.165) is 4.90 Å². The first-order chi connectivity index (χ1) is 11.8. The van der Waals surface area contributed by atoms with Crippen LogP contribution in [0.3, 0.4) is 0 Å². The van der Waals surface area contributed by atoms with Crippen LogP contribution < -0.4 is 10.6 Å². The third-order valence-electron chi connectivity index (χ3n) is 3.16. The zero-order chi connectivity index (χ0) is 18.8. The maximum atomic E-state index is 11.8. The van der Waals surface area contributed by atoms with Crippen molar-refractivity contribution in [3.05, 3.63) is 34.9 Å². The first-order valence-corrected chi connectivity index (χ1v) is 7.85. The fourth-order valence-electron chi connectivity index (χ4n) is 1.69. The molecule has 2 N–H and O–H groups in total. The Hall–Kier alpha value is -2.61. The van der Waals surface area contributed by atoms with Crippen molar-refractivity contribution >= 4 is 35.3 Å². The van der Waals surface area contributed by atoms with Crippen LogP contribution in [0.1, 0.15) is 16.8 Å². The first kappa shape index (κ1) is 20.4. The van der Waals surface area contributed by atoms with E-state index in [-0.39, 0.29) is 31.3 Å². The van der Waals surface area contributed by atoms with Gasteiger partial charge >= 0.3 is 5.97 Å². The van der Waals surface area contributed by atoms with E-state index in [9.17, 15) is 19.2 Å². The van der Waals surface area contributed by atoms with Gasteiger partial charge in [-0.25, -0.2) is 0 Å². The molecular formula is C16H20ClN3O5. The second-order valence-corrected chi connectivity index (χ2v) is 5.53. The van der Waals surface area contributed by atoms with Crippen molar-refractivity contribution in [2.45, 2.75) is 6.42 Å². The van der Waals surface area contributed by atoms with Crippen molar-refractivity contribution in [1.29, 1.82) is 0 Å². The summed E-state index contributed by atoms with van der Waals surface area (Å²) < 4.78 is 4.81. The van der Waals surface area contributed by atoms with Gasteiger partial charge in [-0.2, -0.15) is 0 Å². The Labute approximate surface area is 150 Å². The van der Waals surface area contributed by atoms with E-state index < -0.39 is 18.5 Å². The Bertz CT molecular complexity index is 633. The molecular weight excluding hydrogens is 350 g/mol. The van der Waals surface area contributed by atoms with Crippen LogP contribution in [-0.2, 0) is 19.1 Å². The molecule has 0 fully saturated rings. The molecule has 9 heteroatoms. The van der Waals surface area contributed by atoms with Gasteiger partial charge in [-0.1, -0.05) is 11.6 Å². The number of likely N-dealkylation sites (N-methyl/N-ethyl adjacent to an activating group) is 2. The van der Waals surface area contributed by atoms with E-state index in [2.05, 4.69) is 10.6 Å². The highest BCUT2D eigenvalue weighted by Crippen LogP contribution is 2.09. The van der Waals surface area contributed by atoms with Gasteiger partial charge in [0.2, 0.25) is 5.91 Å². The minimum atomic E-state index is -0.627. The summed E-state index contributed by atoms with van der Waals surface area (Å²) in [4.78, 5) is 47.4. The Morgan fingerprint density at radius 3 is 2.40 bits per heavy atom. The summed E-state index contributed by atoms with van der Waals surface area (Å²) >= 11 is 5.73. The van der Waals surface area contributed by atoms with E-state index in [1.54, 1.807) is 24.3 Å². The van der Waals surface area contributed by atoms with Gasteiger partial charge in [0.15, 0.2) is 6.61 Å². The molecule has 136 valence electrons. The molecule has 1 aromatic carbocycles. The summed E-state index contributed by atoms with van der Waals surface area (Å²) in [5, 5.41) is 5.46. The summed E-state index contributed by atoms with van der Waals surface area (Å²) in [6.07, 6.45) is -0.0776. The van der Waals surface area contributed by atoms with Gasteiger partial charge in [0.05, 0.1) is 13.0 Å². The molecule has 1 aromatic rings. The standard InChI is InChI=1S/C16H20ClN3O5/c1-18-13(21)9-20(2)14(22)10-25-15(23)7-8-19-16(24)11-3-5-12(17)6-4-11/h3-6H,7-10H2,1-2H3,(H,18,21)(H,19,24). The van der Waals surface area contributed by atoms with Crippen molar-refractivity contribution in [3.63, 3.8) is 0 Å². The van der Waals surface area contributed by atoms with Crippen LogP contribution in [-0.4, -0.2) is 62.4 Å². The molecule has 0 aliphatic heterocycles. The molecule has 8 nitrogen and oxygen atoms in total. The molecule has 0 aliphatic rings. The Balaban J connectivity index is 2.26. The largest absolute Gasteiger partial charge is 0.456 e. The number of hydrogen-bond acceptors (Lipinski definition) is 5. The van der Waals surface area contributed by atoms with Crippen LogP contribution >= 0.6 is 11.6 Å². The smallest absolute Gasteiger partial charge is 0.308 e. The lowest BCUT2D eigenvalue weighted by Crippen LogP contribution is -2.39. The van der Waals surface area contributed by atoms with Crippen molar-refractivity contribution in [2.24, 2.45) is 0 Å². The molecule has 1 rings (SSSR count). The fraction of sp³-hybridized carbons (Fsp3) is 0.375. The highest BCUT2D eigenvalue weighted by Gasteiger charge is 2.14. The lowest BCUT2D eigenvalue weighted by Gasteiger charge is -2.15. The number of nitrogens with one attached hydrogen (secondary N) is 2. The number of amides is 3. The van der Waals surface area contributed by atoms with Crippen molar-refractivity contribution in [3.8, 4) is 0 Å². The number of carbonyl (C=O) groups excluding carboxylic acids is 4. The summed E-state index contributed by atoms with van der Waals surface area (Å²) in [6, 6.07) is 6.31. The number of hydrogen-bond donors (Lipinski definition) is 2. The van der Waals surface area contributed by atoms with Gasteiger partial charge < -0.3 is 20.3 Å². The van der Waals surface area contributed by atoms with Crippen molar-refractivity contribution in [1.82, 2.24) is 15.5 Å². The number of esters is 1. The van der Waals surface area contributed by atoms with Crippen LogP contribution in [0.15, 0.2) is 24.3 Å². The van der Waals surface area contributed by atoms with E-state index in [1.165, 1.54) is 14.1 Å². The minimum absolute atomic E-state index is 0.0720. The second-order valence-electron chi connectivity index (χ2n) is 5.10. The summed E-state index contributed by atoms with van der Waals surface area (Å²) in [6.45, 7) is -0.510. The van der Waals surface area contributed by atoms with E-state index in [0.29, 0.717) is 10.6 Å². The molecule has 0 saturated carbocycles. The summed E-state index contributed by atoms with van der Waals surface area (Å²) in [7, 11) is 2.89. The topological polar surface area (TPSA) is 105 Å². The monoisotopic (exact) mass is 369 g/mol. The van der Waals surface area contributed by atoms with Gasteiger partial charge in [-0.15, -0.1) is 0 Å². The quantitative estimate of drug-likeness (QED) is 0.637. The van der Waals surface area contributed by atoms with E-state index in [1.807, 2.05) is 0 Å². The normalized spacial score (nSPS) is 9.88. The zero-order valence-electron chi connectivity index (χ0n) is 14.0. The number of nitrogens with zero attached hydrogens (tertiary/aromatic N) is 1. The predicted molar refractivity (Wildman–Crippen MR) is 91.1 cm³/mol. The molecule has 25 heavy (non-hydrogen) atoms. The number of ether oxygens (including phenoxy) is 1. The van der Waals surface area contributed by atoms with Crippen LogP contribution in [0, 0.1) is 0 Å². The second kappa shape index (κ2) is 10.3. The number of rotatable bonds is 8. The molecule has 0 aliphatic carbocycles. The molecule has 0 saturated heterocycles. The molecule has 0 radical (unpaired) electrons.